The maximum absolute atomic E-state index is 13.5. The molecule has 2 amide bonds. The molecule has 37 heavy (non-hydrogen) atoms. The van der Waals surface area contributed by atoms with Gasteiger partial charge in [-0.2, -0.15) is 5.26 Å². The van der Waals surface area contributed by atoms with Gasteiger partial charge in [-0.05, 0) is 67.6 Å². The van der Waals surface area contributed by atoms with Gasteiger partial charge in [0.25, 0.3) is 0 Å². The van der Waals surface area contributed by atoms with Crippen molar-refractivity contribution in [2.75, 3.05) is 35.8 Å². The molecule has 0 aliphatic heterocycles. The number of methoxy groups -OCH3 is 1. The van der Waals surface area contributed by atoms with E-state index in [0.29, 0.717) is 18.7 Å². The summed E-state index contributed by atoms with van der Waals surface area (Å²) in [4.78, 5) is 19.7. The number of urea groups is 1. The lowest BCUT2D eigenvalue weighted by molar-refractivity contribution is 0.211. The van der Waals surface area contributed by atoms with Crippen LogP contribution in [0.5, 0.6) is 0 Å². The Labute approximate surface area is 218 Å². The van der Waals surface area contributed by atoms with Gasteiger partial charge in [-0.25, -0.2) is 9.78 Å². The Morgan fingerprint density at radius 1 is 1.05 bits per heavy atom. The zero-order valence-corrected chi connectivity index (χ0v) is 21.2. The van der Waals surface area contributed by atoms with Gasteiger partial charge in [-0.3, -0.25) is 4.90 Å². The maximum atomic E-state index is 13.5. The standard InChI is InChI=1S/C29H34N6O2/c1-37-18-17-31-24-8-12-26(13-9-24)35(29(36)33-20-22-5-3-2-4-6-22)27-14-10-25(11-15-27)34-28-16-7-23(19-30)21-32-28/h2-9,12-13,16,21,25,27,31H,10-11,14-15,17-18,20H2,1H3,(H,32,34)(H,33,36)/t25-,27-. The van der Waals surface area contributed by atoms with Crippen LogP contribution < -0.4 is 20.9 Å². The summed E-state index contributed by atoms with van der Waals surface area (Å²) in [6, 6.07) is 24.0. The molecule has 1 aliphatic rings. The van der Waals surface area contributed by atoms with Crippen LogP contribution in [0.25, 0.3) is 0 Å². The van der Waals surface area contributed by atoms with E-state index in [1.807, 2.05) is 65.6 Å². The summed E-state index contributed by atoms with van der Waals surface area (Å²) in [5.41, 5.74) is 3.49. The molecule has 0 unspecified atom stereocenters. The monoisotopic (exact) mass is 498 g/mol. The molecule has 1 aromatic heterocycles. The fourth-order valence-corrected chi connectivity index (χ4v) is 4.62. The molecule has 0 radical (unpaired) electrons. The lowest BCUT2D eigenvalue weighted by Crippen LogP contribution is -2.48. The third-order valence-corrected chi connectivity index (χ3v) is 6.59. The number of nitrogens with one attached hydrogen (secondary N) is 3. The number of rotatable bonds is 10. The van der Waals surface area contributed by atoms with Crippen molar-refractivity contribution >= 4 is 23.2 Å². The Morgan fingerprint density at radius 3 is 2.46 bits per heavy atom. The molecule has 0 saturated heterocycles. The van der Waals surface area contributed by atoms with Crippen molar-refractivity contribution in [1.82, 2.24) is 10.3 Å². The average Bonchev–Trinajstić information content (AvgIpc) is 2.95. The van der Waals surface area contributed by atoms with E-state index in [0.717, 1.165) is 55.0 Å². The van der Waals surface area contributed by atoms with Crippen LogP contribution in [0.15, 0.2) is 72.9 Å². The number of pyridine rings is 1. The smallest absolute Gasteiger partial charge is 0.322 e. The fraction of sp³-hybridized carbons (Fsp3) is 0.345. The molecule has 192 valence electrons. The Balaban J connectivity index is 1.42. The molecule has 0 atom stereocenters. The van der Waals surface area contributed by atoms with Crippen molar-refractivity contribution in [3.63, 3.8) is 0 Å². The predicted molar refractivity (Wildman–Crippen MR) is 147 cm³/mol. The minimum atomic E-state index is -0.0888. The van der Waals surface area contributed by atoms with Gasteiger partial charge in [0.05, 0.1) is 12.2 Å². The van der Waals surface area contributed by atoms with Crippen LogP contribution in [0.2, 0.25) is 0 Å². The van der Waals surface area contributed by atoms with Crippen molar-refractivity contribution in [2.24, 2.45) is 0 Å². The first kappa shape index (κ1) is 26.0. The SMILES string of the molecule is COCCNc1ccc(N(C(=O)NCc2ccccc2)[C@H]2CC[C@H](Nc3ccc(C#N)cn3)CC2)cc1. The van der Waals surface area contributed by atoms with E-state index in [-0.39, 0.29) is 18.1 Å². The number of carbonyl (C=O) groups excluding carboxylic acids is 1. The topological polar surface area (TPSA) is 102 Å². The van der Waals surface area contributed by atoms with Crippen LogP contribution in [0.4, 0.5) is 22.0 Å². The normalized spacial score (nSPS) is 16.9. The fourth-order valence-electron chi connectivity index (χ4n) is 4.62. The zero-order valence-electron chi connectivity index (χ0n) is 21.2. The van der Waals surface area contributed by atoms with E-state index in [4.69, 9.17) is 10.00 Å². The van der Waals surface area contributed by atoms with Gasteiger partial charge in [0.15, 0.2) is 0 Å². The van der Waals surface area contributed by atoms with Crippen molar-refractivity contribution < 1.29 is 9.53 Å². The van der Waals surface area contributed by atoms with Gasteiger partial charge in [-0.1, -0.05) is 30.3 Å². The molecule has 2 aromatic carbocycles. The second-order valence-corrected chi connectivity index (χ2v) is 9.17. The minimum Gasteiger partial charge on any atom is -0.383 e. The van der Waals surface area contributed by atoms with Crippen molar-refractivity contribution in [1.29, 1.82) is 5.26 Å². The first-order valence-electron chi connectivity index (χ1n) is 12.7. The molecule has 1 fully saturated rings. The number of ether oxygens (including phenoxy) is 1. The number of amides is 2. The highest BCUT2D eigenvalue weighted by Crippen LogP contribution is 2.30. The number of carbonyl (C=O) groups is 1. The Hall–Kier alpha value is -4.09. The van der Waals surface area contributed by atoms with E-state index < -0.39 is 0 Å². The zero-order chi connectivity index (χ0) is 25.9. The van der Waals surface area contributed by atoms with Crippen molar-refractivity contribution in [3.8, 4) is 6.07 Å². The van der Waals surface area contributed by atoms with Crippen molar-refractivity contribution in [3.05, 3.63) is 84.1 Å². The molecule has 8 heteroatoms. The molecule has 1 aliphatic carbocycles. The first-order valence-corrected chi connectivity index (χ1v) is 12.7. The van der Waals surface area contributed by atoms with Crippen LogP contribution in [0, 0.1) is 11.3 Å². The molecular formula is C29H34N6O2. The van der Waals surface area contributed by atoms with E-state index in [1.165, 1.54) is 0 Å². The number of benzene rings is 2. The second kappa shape index (κ2) is 13.3. The maximum Gasteiger partial charge on any atom is 0.322 e. The van der Waals surface area contributed by atoms with Crippen LogP contribution >= 0.6 is 0 Å². The largest absolute Gasteiger partial charge is 0.383 e. The lowest BCUT2D eigenvalue weighted by atomic mass is 9.90. The summed E-state index contributed by atoms with van der Waals surface area (Å²) in [5.74, 6) is 0.775. The van der Waals surface area contributed by atoms with E-state index in [2.05, 4.69) is 27.0 Å². The summed E-state index contributed by atoms with van der Waals surface area (Å²) < 4.78 is 5.11. The number of hydrogen-bond acceptors (Lipinski definition) is 6. The van der Waals surface area contributed by atoms with Gasteiger partial charge in [-0.15, -0.1) is 0 Å². The van der Waals surface area contributed by atoms with E-state index >= 15 is 0 Å². The van der Waals surface area contributed by atoms with Crippen LogP contribution in [-0.4, -0.2) is 43.4 Å². The molecule has 3 N–H and O–H groups in total. The van der Waals surface area contributed by atoms with E-state index in [9.17, 15) is 4.79 Å². The molecule has 4 rings (SSSR count). The molecule has 3 aromatic rings. The number of hydrogen-bond donors (Lipinski definition) is 3. The average molecular weight is 499 g/mol. The Morgan fingerprint density at radius 2 is 1.81 bits per heavy atom. The third-order valence-electron chi connectivity index (χ3n) is 6.59. The van der Waals surface area contributed by atoms with Crippen molar-refractivity contribution in [2.45, 2.75) is 44.3 Å². The first-order chi connectivity index (χ1) is 18.2. The molecule has 8 nitrogen and oxygen atoms in total. The summed E-state index contributed by atoms with van der Waals surface area (Å²) >= 11 is 0. The number of anilines is 3. The molecule has 0 bridgehead atoms. The predicted octanol–water partition coefficient (Wildman–Crippen LogP) is 5.15. The van der Waals surface area contributed by atoms with Gasteiger partial charge < -0.3 is 20.7 Å². The number of nitrogens with zero attached hydrogens (tertiary/aromatic N) is 3. The highest BCUT2D eigenvalue weighted by molar-refractivity contribution is 5.92. The lowest BCUT2D eigenvalue weighted by Gasteiger charge is -2.37. The summed E-state index contributed by atoms with van der Waals surface area (Å²) in [5, 5.41) is 18.9. The Bertz CT molecular complexity index is 1150. The highest BCUT2D eigenvalue weighted by Gasteiger charge is 2.30. The quantitative estimate of drug-likeness (QED) is 0.334. The molecule has 1 saturated carbocycles. The molecule has 1 heterocycles. The summed E-state index contributed by atoms with van der Waals surface area (Å²) in [7, 11) is 1.68. The van der Waals surface area contributed by atoms with Crippen LogP contribution in [-0.2, 0) is 11.3 Å². The third kappa shape index (κ3) is 7.45. The van der Waals surface area contributed by atoms with Gasteiger partial charge >= 0.3 is 6.03 Å². The van der Waals surface area contributed by atoms with E-state index in [1.54, 1.807) is 19.4 Å². The van der Waals surface area contributed by atoms with Crippen LogP contribution in [0.1, 0.15) is 36.8 Å². The summed E-state index contributed by atoms with van der Waals surface area (Å²) in [6.07, 6.45) is 5.18. The van der Waals surface area contributed by atoms with Gasteiger partial charge in [0, 0.05) is 49.9 Å². The van der Waals surface area contributed by atoms with Gasteiger partial charge in [0.1, 0.15) is 11.9 Å². The van der Waals surface area contributed by atoms with Crippen LogP contribution in [0.3, 0.4) is 0 Å². The minimum absolute atomic E-state index is 0.0888. The number of aromatic nitrogens is 1. The highest BCUT2D eigenvalue weighted by atomic mass is 16.5. The molecule has 0 spiro atoms. The molecular weight excluding hydrogens is 464 g/mol. The summed E-state index contributed by atoms with van der Waals surface area (Å²) in [6.45, 7) is 1.83. The Kier molecular flexibility index (Phi) is 9.33. The van der Waals surface area contributed by atoms with Gasteiger partial charge in [0.2, 0.25) is 0 Å². The number of nitriles is 1. The second-order valence-electron chi connectivity index (χ2n) is 9.17.